The van der Waals surface area contributed by atoms with Crippen molar-refractivity contribution in [3.05, 3.63) is 61.2 Å². The van der Waals surface area contributed by atoms with Crippen molar-refractivity contribution in [2.24, 2.45) is 11.8 Å². The number of ether oxygens (including phenoxy) is 2. The number of carbonyl (C=O) groups excluding carboxylic acids is 4. The molecule has 3 fully saturated rings. The summed E-state index contributed by atoms with van der Waals surface area (Å²) in [6.45, 7) is 10.9. The summed E-state index contributed by atoms with van der Waals surface area (Å²) in [6.07, 6.45) is 9.42. The van der Waals surface area contributed by atoms with Crippen LogP contribution in [0.5, 0.6) is 0 Å². The number of esters is 1. The van der Waals surface area contributed by atoms with Crippen LogP contribution in [-0.4, -0.2) is 89.2 Å². The van der Waals surface area contributed by atoms with Gasteiger partial charge in [-0.25, -0.2) is 0 Å². The van der Waals surface area contributed by atoms with E-state index in [1.54, 1.807) is 22.0 Å². The molecule has 0 aromatic heterocycles. The van der Waals surface area contributed by atoms with Crippen LogP contribution in [0.25, 0.3) is 0 Å². The van der Waals surface area contributed by atoms with Crippen LogP contribution in [0, 0.1) is 11.8 Å². The third-order valence-electron chi connectivity index (χ3n) is 9.57. The number of fused-ring (bicyclic) bond motifs is 1. The number of aliphatic hydroxyl groups excluding tert-OH is 1. The third-order valence-corrected chi connectivity index (χ3v) is 9.57. The van der Waals surface area contributed by atoms with Crippen molar-refractivity contribution in [1.29, 1.82) is 0 Å². The quantitative estimate of drug-likeness (QED) is 0.125. The van der Waals surface area contributed by atoms with Gasteiger partial charge in [0.25, 0.3) is 0 Å². The lowest BCUT2D eigenvalue weighted by molar-refractivity contribution is -0.148. The highest BCUT2D eigenvalue weighted by molar-refractivity contribution is 5.99. The maximum atomic E-state index is 14.4. The molecule has 0 saturated carbocycles. The van der Waals surface area contributed by atoms with Gasteiger partial charge in [0.2, 0.25) is 17.7 Å². The largest absolute Gasteiger partial charge is 0.463 e. The van der Waals surface area contributed by atoms with Crippen molar-refractivity contribution in [3.63, 3.8) is 0 Å². The van der Waals surface area contributed by atoms with Crippen LogP contribution < -0.4 is 5.32 Å². The van der Waals surface area contributed by atoms with E-state index in [-0.39, 0.29) is 43.3 Å². The Morgan fingerprint density at radius 1 is 1.15 bits per heavy atom. The predicted molar refractivity (Wildman–Crippen MR) is 174 cm³/mol. The van der Waals surface area contributed by atoms with Crippen LogP contribution in [0.2, 0.25) is 0 Å². The number of carbonyl (C=O) groups is 4. The number of allylic oxidation sites excluding steroid dienone is 1. The molecule has 3 aliphatic heterocycles. The summed E-state index contributed by atoms with van der Waals surface area (Å²) in [5, 5.41) is 12.4. The van der Waals surface area contributed by atoms with Gasteiger partial charge >= 0.3 is 5.97 Å². The molecule has 2 bridgehead atoms. The van der Waals surface area contributed by atoms with E-state index in [0.717, 1.165) is 24.8 Å². The number of likely N-dealkylation sites (tertiary alicyclic amines) is 1. The van der Waals surface area contributed by atoms with Crippen molar-refractivity contribution in [1.82, 2.24) is 15.1 Å². The predicted octanol–water partition coefficient (Wildman–Crippen LogP) is 4.10. The molecule has 3 aliphatic rings. The summed E-state index contributed by atoms with van der Waals surface area (Å²) < 4.78 is 12.2. The van der Waals surface area contributed by atoms with Crippen molar-refractivity contribution < 1.29 is 33.8 Å². The molecule has 0 unspecified atom stereocenters. The molecule has 1 spiro atoms. The molecule has 10 heteroatoms. The highest BCUT2D eigenvalue weighted by Gasteiger charge is 2.74. The Morgan fingerprint density at radius 2 is 1.93 bits per heavy atom. The average Bonchev–Trinajstić information content (AvgIpc) is 3.71. The Kier molecular flexibility index (Phi) is 13.0. The fourth-order valence-electron chi connectivity index (χ4n) is 7.36. The summed E-state index contributed by atoms with van der Waals surface area (Å²) >= 11 is 0. The van der Waals surface area contributed by atoms with Gasteiger partial charge in [0.15, 0.2) is 0 Å². The molecule has 3 saturated heterocycles. The first kappa shape index (κ1) is 35.4. The molecule has 252 valence electrons. The summed E-state index contributed by atoms with van der Waals surface area (Å²) in [5.74, 6) is -2.71. The molecule has 46 heavy (non-hydrogen) atoms. The lowest BCUT2D eigenvalue weighted by Crippen LogP contribution is -2.56. The Hall–Kier alpha value is -3.50. The first-order valence-corrected chi connectivity index (χ1v) is 16.9. The molecule has 0 radical (unpaired) electrons. The van der Waals surface area contributed by atoms with E-state index in [0.29, 0.717) is 58.2 Å². The number of hydrogen-bond donors (Lipinski definition) is 2. The maximum absolute atomic E-state index is 14.4. The van der Waals surface area contributed by atoms with Crippen LogP contribution in [0.4, 0.5) is 0 Å². The van der Waals surface area contributed by atoms with Crippen molar-refractivity contribution >= 4 is 23.7 Å². The van der Waals surface area contributed by atoms with E-state index in [2.05, 4.69) is 25.4 Å². The number of rotatable bonds is 20. The lowest BCUT2D eigenvalue weighted by Gasteiger charge is -2.37. The Balaban J connectivity index is 1.60. The monoisotopic (exact) mass is 637 g/mol. The first-order valence-electron chi connectivity index (χ1n) is 16.9. The summed E-state index contributed by atoms with van der Waals surface area (Å²) in [4.78, 5) is 58.6. The zero-order chi connectivity index (χ0) is 33.1. The second-order valence-electron chi connectivity index (χ2n) is 12.6. The number of hydrogen-bond acceptors (Lipinski definition) is 7. The Morgan fingerprint density at radius 3 is 2.63 bits per heavy atom. The van der Waals surface area contributed by atoms with Crippen molar-refractivity contribution in [3.8, 4) is 0 Å². The molecule has 3 heterocycles. The second kappa shape index (κ2) is 16.9. The number of benzene rings is 1. The Bertz CT molecular complexity index is 1220. The number of amides is 3. The molecule has 6 atom stereocenters. The smallest absolute Gasteiger partial charge is 0.306 e. The van der Waals surface area contributed by atoms with Gasteiger partial charge in [-0.2, -0.15) is 0 Å². The van der Waals surface area contributed by atoms with E-state index < -0.39 is 35.6 Å². The van der Waals surface area contributed by atoms with Gasteiger partial charge in [0.1, 0.15) is 18.2 Å². The molecule has 1 aromatic carbocycles. The molecule has 3 amide bonds. The minimum absolute atomic E-state index is 0.0555. The third kappa shape index (κ3) is 7.72. The van der Waals surface area contributed by atoms with Crippen LogP contribution in [0.15, 0.2) is 55.6 Å². The van der Waals surface area contributed by atoms with Gasteiger partial charge in [-0.1, -0.05) is 62.2 Å². The van der Waals surface area contributed by atoms with E-state index >= 15 is 0 Å². The lowest BCUT2D eigenvalue weighted by atomic mass is 9.70. The highest BCUT2D eigenvalue weighted by Crippen LogP contribution is 2.58. The molecule has 0 aliphatic carbocycles. The summed E-state index contributed by atoms with van der Waals surface area (Å²) in [6, 6.07) is 7.83. The van der Waals surface area contributed by atoms with Gasteiger partial charge in [-0.05, 0) is 50.5 Å². The van der Waals surface area contributed by atoms with Crippen molar-refractivity contribution in [2.75, 3.05) is 32.8 Å². The van der Waals surface area contributed by atoms with Gasteiger partial charge in [0.05, 0.1) is 24.0 Å². The Labute approximate surface area is 273 Å². The SMILES string of the molecule is C=CCCC(=O)OC[C@H](NC(=O)[C@@H]1[C@H]2C(=O)N(CCCCCO)[C@H](C(=O)N(CC=C)CCCCC)[C@]23CC[C@H]1O3)c1ccccc1. The van der Waals surface area contributed by atoms with E-state index in [1.807, 2.05) is 30.3 Å². The van der Waals surface area contributed by atoms with Crippen LogP contribution >= 0.6 is 0 Å². The molecular formula is C36H51N3O7. The van der Waals surface area contributed by atoms with Crippen LogP contribution in [-0.2, 0) is 28.7 Å². The zero-order valence-electron chi connectivity index (χ0n) is 27.2. The minimum Gasteiger partial charge on any atom is -0.463 e. The summed E-state index contributed by atoms with van der Waals surface area (Å²) in [5.41, 5.74) is -0.323. The minimum atomic E-state index is -1.10. The van der Waals surface area contributed by atoms with Crippen molar-refractivity contribution in [2.45, 2.75) is 94.9 Å². The normalized spacial score (nSPS) is 25.2. The average molecular weight is 638 g/mol. The fraction of sp³-hybridized carbons (Fsp3) is 0.611. The number of unbranched alkanes of at least 4 members (excludes halogenated alkanes) is 4. The molecular weight excluding hydrogens is 586 g/mol. The second-order valence-corrected chi connectivity index (χ2v) is 12.6. The zero-order valence-corrected chi connectivity index (χ0v) is 27.2. The molecule has 4 rings (SSSR count). The topological polar surface area (TPSA) is 125 Å². The molecule has 2 N–H and O–H groups in total. The van der Waals surface area contributed by atoms with E-state index in [4.69, 9.17) is 9.47 Å². The van der Waals surface area contributed by atoms with Gasteiger partial charge < -0.3 is 29.7 Å². The van der Waals surface area contributed by atoms with Crippen LogP contribution in [0.1, 0.15) is 82.7 Å². The van der Waals surface area contributed by atoms with E-state index in [9.17, 15) is 24.3 Å². The van der Waals surface area contributed by atoms with Gasteiger partial charge in [-0.3, -0.25) is 19.2 Å². The van der Waals surface area contributed by atoms with Crippen LogP contribution in [0.3, 0.4) is 0 Å². The number of nitrogens with one attached hydrogen (secondary N) is 1. The summed E-state index contributed by atoms with van der Waals surface area (Å²) in [7, 11) is 0. The first-order chi connectivity index (χ1) is 22.3. The molecule has 1 aromatic rings. The van der Waals surface area contributed by atoms with Gasteiger partial charge in [-0.15, -0.1) is 13.2 Å². The maximum Gasteiger partial charge on any atom is 0.306 e. The molecule has 10 nitrogen and oxygen atoms in total. The number of nitrogens with zero attached hydrogens (tertiary/aromatic N) is 2. The van der Waals surface area contributed by atoms with Gasteiger partial charge in [0, 0.05) is 32.7 Å². The number of aliphatic hydroxyl groups is 1. The van der Waals surface area contributed by atoms with E-state index in [1.165, 1.54) is 0 Å². The standard InChI is InChI=1S/C36H51N3O7/c1-4-7-13-22-38(21-6-3)35(44)32-36-20-19-28(46-36)30(31(36)34(43)39(32)23-14-10-15-24-40)33(42)37-27(26-16-11-9-12-17-26)25-45-29(41)18-8-5-2/h5-6,9,11-12,16-17,27-28,30-32,40H,2-4,7-8,10,13-15,18-25H2,1H3,(H,37,42)/t27-,28+,30-,31-,32+,36-/m0/s1. The fourth-order valence-corrected chi connectivity index (χ4v) is 7.36. The highest BCUT2D eigenvalue weighted by atomic mass is 16.5.